The van der Waals surface area contributed by atoms with Gasteiger partial charge in [-0.2, -0.15) is 0 Å². The van der Waals surface area contributed by atoms with E-state index in [1.165, 1.54) is 36.4 Å². The predicted octanol–water partition coefficient (Wildman–Crippen LogP) is 0.560. The maximum Gasteiger partial charge on any atom is 0.329 e. The quantitative estimate of drug-likeness (QED) is 0.844. The lowest BCUT2D eigenvalue weighted by Gasteiger charge is -2.31. The maximum absolute atomic E-state index is 11.9. The normalized spacial score (nSPS) is 11.1. The van der Waals surface area contributed by atoms with E-state index in [9.17, 15) is 14.4 Å². The van der Waals surface area contributed by atoms with Crippen molar-refractivity contribution in [2.75, 3.05) is 7.05 Å². The smallest absolute Gasteiger partial charge is 0.329 e. The molecular weight excluding hydrogens is 248 g/mol. The third kappa shape index (κ3) is 3.43. The van der Waals surface area contributed by atoms with Crippen molar-refractivity contribution in [2.45, 2.75) is 32.4 Å². The summed E-state index contributed by atoms with van der Waals surface area (Å²) in [5.74, 6) is -1.39. The second kappa shape index (κ2) is 5.69. The van der Waals surface area contributed by atoms with Gasteiger partial charge in [0.1, 0.15) is 5.54 Å². The number of pyridine rings is 1. The summed E-state index contributed by atoms with van der Waals surface area (Å²) in [6, 6.07) is 4.74. The molecule has 0 aromatic carbocycles. The SMILES string of the molecule is CN(C(=O)CCn1ccccc1=O)C(C)(C)C(=O)O. The molecule has 0 aliphatic heterocycles. The molecule has 0 saturated heterocycles. The molecule has 0 bridgehead atoms. The number of hydrogen-bond acceptors (Lipinski definition) is 3. The second-order valence-electron chi connectivity index (χ2n) is 4.80. The standard InChI is InChI=1S/C13H18N2O4/c1-13(2,12(18)19)14(3)10(16)7-9-15-8-5-4-6-11(15)17/h4-6,8H,7,9H2,1-3H3,(H,18,19). The van der Waals surface area contributed by atoms with Gasteiger partial charge in [-0.1, -0.05) is 6.07 Å². The summed E-state index contributed by atoms with van der Waals surface area (Å²) >= 11 is 0. The summed E-state index contributed by atoms with van der Waals surface area (Å²) in [4.78, 5) is 35.6. The molecule has 0 radical (unpaired) electrons. The number of hydrogen-bond donors (Lipinski definition) is 1. The summed E-state index contributed by atoms with van der Waals surface area (Å²) in [5.41, 5.74) is -1.45. The predicted molar refractivity (Wildman–Crippen MR) is 69.8 cm³/mol. The van der Waals surface area contributed by atoms with Gasteiger partial charge in [-0.15, -0.1) is 0 Å². The third-order valence-corrected chi connectivity index (χ3v) is 3.20. The highest BCUT2D eigenvalue weighted by Crippen LogP contribution is 2.13. The van der Waals surface area contributed by atoms with Crippen molar-refractivity contribution in [2.24, 2.45) is 0 Å². The van der Waals surface area contributed by atoms with E-state index in [1.807, 2.05) is 0 Å². The number of carboxylic acid groups (broad SMARTS) is 1. The number of carboxylic acids is 1. The Kier molecular flexibility index (Phi) is 4.47. The number of aromatic nitrogens is 1. The maximum atomic E-state index is 11.9. The Morgan fingerprint density at radius 1 is 1.37 bits per heavy atom. The van der Waals surface area contributed by atoms with Crippen molar-refractivity contribution in [3.63, 3.8) is 0 Å². The fourth-order valence-corrected chi connectivity index (χ4v) is 1.48. The molecule has 104 valence electrons. The first-order chi connectivity index (χ1) is 8.76. The minimum Gasteiger partial charge on any atom is -0.480 e. The molecule has 0 aliphatic rings. The first-order valence-electron chi connectivity index (χ1n) is 5.92. The van der Waals surface area contributed by atoms with Crippen LogP contribution in [0.25, 0.3) is 0 Å². The molecule has 1 heterocycles. The van der Waals surface area contributed by atoms with Crippen molar-refractivity contribution in [3.05, 3.63) is 34.7 Å². The van der Waals surface area contributed by atoms with Crippen LogP contribution in [0, 0.1) is 0 Å². The topological polar surface area (TPSA) is 79.6 Å². The number of likely N-dealkylation sites (N-methyl/N-ethyl adjacent to an activating group) is 1. The van der Waals surface area contributed by atoms with Gasteiger partial charge in [0.25, 0.3) is 5.56 Å². The Balaban J connectivity index is 2.69. The van der Waals surface area contributed by atoms with E-state index in [0.29, 0.717) is 0 Å². The van der Waals surface area contributed by atoms with E-state index in [4.69, 9.17) is 5.11 Å². The van der Waals surface area contributed by atoms with Crippen LogP contribution in [0.5, 0.6) is 0 Å². The Hall–Kier alpha value is -2.11. The summed E-state index contributed by atoms with van der Waals surface area (Å²) in [6.07, 6.45) is 1.68. The summed E-state index contributed by atoms with van der Waals surface area (Å²) < 4.78 is 1.42. The van der Waals surface area contributed by atoms with E-state index in [0.717, 1.165) is 0 Å². The molecule has 1 rings (SSSR count). The Labute approximate surface area is 111 Å². The first-order valence-corrected chi connectivity index (χ1v) is 5.92. The van der Waals surface area contributed by atoms with Crippen LogP contribution in [-0.2, 0) is 16.1 Å². The highest BCUT2D eigenvalue weighted by molar-refractivity contribution is 5.86. The molecule has 6 nitrogen and oxygen atoms in total. The van der Waals surface area contributed by atoms with Crippen molar-refractivity contribution >= 4 is 11.9 Å². The van der Waals surface area contributed by atoms with Gasteiger partial charge in [0.15, 0.2) is 0 Å². The zero-order valence-electron chi connectivity index (χ0n) is 11.3. The number of carbonyl (C=O) groups is 2. The van der Waals surface area contributed by atoms with Crippen molar-refractivity contribution in [1.82, 2.24) is 9.47 Å². The van der Waals surface area contributed by atoms with Crippen LogP contribution >= 0.6 is 0 Å². The molecule has 0 unspecified atom stereocenters. The largest absolute Gasteiger partial charge is 0.480 e. The molecule has 0 spiro atoms. The minimum atomic E-state index is -1.27. The van der Waals surface area contributed by atoms with Crippen LogP contribution in [0.4, 0.5) is 0 Å². The molecule has 1 aromatic heterocycles. The fourth-order valence-electron chi connectivity index (χ4n) is 1.48. The molecule has 0 saturated carbocycles. The molecule has 1 aromatic rings. The fraction of sp³-hybridized carbons (Fsp3) is 0.462. The number of nitrogens with zero attached hydrogens (tertiary/aromatic N) is 2. The molecule has 19 heavy (non-hydrogen) atoms. The third-order valence-electron chi connectivity index (χ3n) is 3.20. The number of rotatable bonds is 5. The highest BCUT2D eigenvalue weighted by atomic mass is 16.4. The average molecular weight is 266 g/mol. The first kappa shape index (κ1) is 14.9. The molecule has 0 fully saturated rings. The minimum absolute atomic E-state index is 0.0805. The van der Waals surface area contributed by atoms with Gasteiger partial charge in [0.2, 0.25) is 5.91 Å². The van der Waals surface area contributed by atoms with Gasteiger partial charge in [0, 0.05) is 32.3 Å². The van der Waals surface area contributed by atoms with Gasteiger partial charge in [-0.05, 0) is 19.9 Å². The van der Waals surface area contributed by atoms with E-state index in [1.54, 1.807) is 18.3 Å². The van der Waals surface area contributed by atoms with Crippen LogP contribution in [0.1, 0.15) is 20.3 Å². The molecule has 1 N–H and O–H groups in total. The summed E-state index contributed by atoms with van der Waals surface area (Å²) in [5, 5.41) is 9.04. The summed E-state index contributed by atoms with van der Waals surface area (Å²) in [6.45, 7) is 3.16. The summed E-state index contributed by atoms with van der Waals surface area (Å²) in [7, 11) is 1.45. The van der Waals surface area contributed by atoms with Gasteiger partial charge < -0.3 is 14.6 Å². The van der Waals surface area contributed by atoms with Gasteiger partial charge in [0.05, 0.1) is 0 Å². The van der Waals surface area contributed by atoms with Crippen molar-refractivity contribution in [3.8, 4) is 0 Å². The Morgan fingerprint density at radius 2 is 2.00 bits per heavy atom. The van der Waals surface area contributed by atoms with E-state index >= 15 is 0 Å². The van der Waals surface area contributed by atoms with Gasteiger partial charge >= 0.3 is 5.97 Å². The van der Waals surface area contributed by atoms with Crippen LogP contribution in [0.3, 0.4) is 0 Å². The van der Waals surface area contributed by atoms with Crippen LogP contribution in [0.15, 0.2) is 29.2 Å². The number of aliphatic carboxylic acids is 1. The van der Waals surface area contributed by atoms with Crippen molar-refractivity contribution in [1.29, 1.82) is 0 Å². The monoisotopic (exact) mass is 266 g/mol. The molecule has 0 aliphatic carbocycles. The zero-order chi connectivity index (χ0) is 14.6. The van der Waals surface area contributed by atoms with Crippen molar-refractivity contribution < 1.29 is 14.7 Å². The van der Waals surface area contributed by atoms with E-state index < -0.39 is 11.5 Å². The van der Waals surface area contributed by atoms with Crippen LogP contribution < -0.4 is 5.56 Å². The Morgan fingerprint density at radius 3 is 2.53 bits per heavy atom. The Bertz CT molecular complexity index is 533. The number of amides is 1. The average Bonchev–Trinajstić information content (AvgIpc) is 2.36. The molecular formula is C13H18N2O4. The molecule has 1 amide bonds. The lowest BCUT2D eigenvalue weighted by atomic mass is 10.0. The molecule has 6 heteroatoms. The highest BCUT2D eigenvalue weighted by Gasteiger charge is 2.34. The zero-order valence-corrected chi connectivity index (χ0v) is 11.3. The number of carbonyl (C=O) groups excluding carboxylic acids is 1. The number of aryl methyl sites for hydroxylation is 1. The van der Waals surface area contributed by atoms with E-state index in [2.05, 4.69) is 0 Å². The second-order valence-corrected chi connectivity index (χ2v) is 4.80. The van der Waals surface area contributed by atoms with Crippen LogP contribution in [0.2, 0.25) is 0 Å². The molecule has 0 atom stereocenters. The van der Waals surface area contributed by atoms with E-state index in [-0.39, 0.29) is 24.4 Å². The van der Waals surface area contributed by atoms with Gasteiger partial charge in [-0.25, -0.2) is 4.79 Å². The lowest BCUT2D eigenvalue weighted by Crippen LogP contribution is -2.51. The lowest BCUT2D eigenvalue weighted by molar-refractivity contribution is -0.155. The van der Waals surface area contributed by atoms with Crippen LogP contribution in [-0.4, -0.2) is 39.0 Å². The van der Waals surface area contributed by atoms with Gasteiger partial charge in [-0.3, -0.25) is 9.59 Å².